The first-order valence-electron chi connectivity index (χ1n) is 13.7. The minimum Gasteiger partial charge on any atom is -0.436 e. The summed E-state index contributed by atoms with van der Waals surface area (Å²) in [5.74, 6) is 1.23. The number of para-hydroxylation sites is 4. The summed E-state index contributed by atoms with van der Waals surface area (Å²) in [6.07, 6.45) is 0. The lowest BCUT2D eigenvalue weighted by Gasteiger charge is -2.33. The van der Waals surface area contributed by atoms with Crippen molar-refractivity contribution in [3.8, 4) is 22.9 Å². The van der Waals surface area contributed by atoms with Gasteiger partial charge in [0.15, 0.2) is 11.2 Å². The molecule has 0 amide bonds. The molecule has 0 fully saturated rings. The number of anilines is 3. The van der Waals surface area contributed by atoms with E-state index >= 15 is 0 Å². The number of fused-ring (bicyclic) bond motifs is 5. The standard InChI is InChI=1S/C36H21N3O2S/c1-2-8-23-19-26(16-13-22(23)7-1)39-29-17-14-24(35-37-27-9-3-5-11-31(27)40-35)20-33(29)42-34-21-25(15-18-30(34)39)36-38-28-10-4-6-12-32(28)41-36/h1-21H. The van der Waals surface area contributed by atoms with E-state index in [1.165, 1.54) is 10.8 Å². The Balaban J connectivity index is 1.21. The molecule has 0 unspecified atom stereocenters. The Labute approximate surface area is 245 Å². The number of hydrogen-bond acceptors (Lipinski definition) is 6. The Morgan fingerprint density at radius 1 is 0.500 bits per heavy atom. The van der Waals surface area contributed by atoms with Crippen LogP contribution in [0.2, 0.25) is 0 Å². The zero-order chi connectivity index (χ0) is 27.6. The second-order valence-corrected chi connectivity index (χ2v) is 11.4. The fraction of sp³-hybridized carbons (Fsp3) is 0. The molecule has 8 aromatic rings. The van der Waals surface area contributed by atoms with Gasteiger partial charge in [-0.05, 0) is 83.6 Å². The first-order valence-corrected chi connectivity index (χ1v) is 14.6. The second kappa shape index (κ2) is 9.09. The minimum atomic E-state index is 0.614. The van der Waals surface area contributed by atoms with Crippen LogP contribution in [0.4, 0.5) is 17.1 Å². The lowest BCUT2D eigenvalue weighted by molar-refractivity contribution is 0.619. The maximum atomic E-state index is 6.13. The molecule has 6 heteroatoms. The van der Waals surface area contributed by atoms with Crippen molar-refractivity contribution in [1.29, 1.82) is 0 Å². The van der Waals surface area contributed by atoms with E-state index in [4.69, 9.17) is 18.8 Å². The topological polar surface area (TPSA) is 55.3 Å². The third-order valence-electron chi connectivity index (χ3n) is 7.69. The van der Waals surface area contributed by atoms with Crippen LogP contribution in [0.3, 0.4) is 0 Å². The van der Waals surface area contributed by atoms with Crippen LogP contribution < -0.4 is 4.90 Å². The van der Waals surface area contributed by atoms with Crippen molar-refractivity contribution in [1.82, 2.24) is 9.97 Å². The van der Waals surface area contributed by atoms with E-state index in [9.17, 15) is 0 Å². The molecule has 0 saturated heterocycles. The summed E-state index contributed by atoms with van der Waals surface area (Å²) >= 11 is 1.74. The number of hydrogen-bond donors (Lipinski definition) is 0. The van der Waals surface area contributed by atoms with E-state index < -0.39 is 0 Å². The van der Waals surface area contributed by atoms with Gasteiger partial charge in [0.25, 0.3) is 0 Å². The summed E-state index contributed by atoms with van der Waals surface area (Å²) in [5.41, 5.74) is 8.46. The van der Waals surface area contributed by atoms with Gasteiger partial charge < -0.3 is 13.7 Å². The van der Waals surface area contributed by atoms with Crippen molar-refractivity contribution < 1.29 is 8.83 Å². The first kappa shape index (κ1) is 23.4. The molecule has 0 bridgehead atoms. The predicted octanol–water partition coefficient (Wildman–Crippen LogP) is 10.4. The molecule has 1 aliphatic heterocycles. The highest BCUT2D eigenvalue weighted by Crippen LogP contribution is 2.53. The Morgan fingerprint density at radius 3 is 1.64 bits per heavy atom. The summed E-state index contributed by atoms with van der Waals surface area (Å²) in [5, 5.41) is 2.41. The average Bonchev–Trinajstić information content (AvgIpc) is 3.68. The maximum Gasteiger partial charge on any atom is 0.227 e. The van der Waals surface area contributed by atoms with Crippen LogP contribution >= 0.6 is 11.8 Å². The van der Waals surface area contributed by atoms with E-state index in [1.807, 2.05) is 48.5 Å². The molecule has 42 heavy (non-hydrogen) atoms. The molecule has 1 aliphatic rings. The van der Waals surface area contributed by atoms with Gasteiger partial charge in [0, 0.05) is 26.6 Å². The van der Waals surface area contributed by atoms with Gasteiger partial charge in [-0.2, -0.15) is 0 Å². The van der Waals surface area contributed by atoms with Crippen LogP contribution in [0.25, 0.3) is 55.9 Å². The largest absolute Gasteiger partial charge is 0.436 e. The van der Waals surface area contributed by atoms with E-state index in [-0.39, 0.29) is 0 Å². The number of rotatable bonds is 3. The van der Waals surface area contributed by atoms with Gasteiger partial charge >= 0.3 is 0 Å². The van der Waals surface area contributed by atoms with Crippen LogP contribution in [0.1, 0.15) is 0 Å². The van der Waals surface area contributed by atoms with Crippen molar-refractivity contribution in [2.45, 2.75) is 9.79 Å². The van der Waals surface area contributed by atoms with Crippen molar-refractivity contribution in [3.05, 3.63) is 127 Å². The summed E-state index contributed by atoms with van der Waals surface area (Å²) in [4.78, 5) is 14.1. The van der Waals surface area contributed by atoms with Gasteiger partial charge in [-0.25, -0.2) is 9.97 Å². The van der Waals surface area contributed by atoms with Crippen LogP contribution in [0, 0.1) is 0 Å². The molecule has 0 aliphatic carbocycles. The predicted molar refractivity (Wildman–Crippen MR) is 169 cm³/mol. The molecule has 0 atom stereocenters. The lowest BCUT2D eigenvalue weighted by Crippen LogP contribution is -2.15. The van der Waals surface area contributed by atoms with Gasteiger partial charge in [-0.3, -0.25) is 0 Å². The normalized spacial score (nSPS) is 12.6. The van der Waals surface area contributed by atoms with E-state index in [1.54, 1.807) is 11.8 Å². The molecule has 0 spiro atoms. The average molecular weight is 560 g/mol. The fourth-order valence-corrected chi connectivity index (χ4v) is 6.80. The maximum absolute atomic E-state index is 6.13. The smallest absolute Gasteiger partial charge is 0.227 e. The number of oxazole rings is 2. The number of aromatic nitrogens is 2. The third kappa shape index (κ3) is 3.73. The molecule has 3 heterocycles. The molecule has 6 aromatic carbocycles. The lowest BCUT2D eigenvalue weighted by atomic mass is 10.1. The molecule has 5 nitrogen and oxygen atoms in total. The Kier molecular flexibility index (Phi) is 5.06. The quantitative estimate of drug-likeness (QED) is 0.215. The van der Waals surface area contributed by atoms with Crippen LogP contribution in [-0.2, 0) is 0 Å². The summed E-state index contributed by atoms with van der Waals surface area (Å²) in [7, 11) is 0. The van der Waals surface area contributed by atoms with Gasteiger partial charge in [-0.15, -0.1) is 0 Å². The Bertz CT molecular complexity index is 2130. The van der Waals surface area contributed by atoms with Crippen LogP contribution in [0.15, 0.2) is 146 Å². The summed E-state index contributed by atoms with van der Waals surface area (Å²) in [6, 6.07) is 43.7. The SMILES string of the molecule is c1ccc2cc(N3c4ccc(-c5nc6ccccc6o5)cc4Sc4cc(-c5nc6ccccc6o5)ccc43)ccc2c1. The monoisotopic (exact) mass is 559 g/mol. The second-order valence-electron chi connectivity index (χ2n) is 10.3. The Morgan fingerprint density at radius 2 is 1.05 bits per heavy atom. The molecule has 9 rings (SSSR count). The summed E-state index contributed by atoms with van der Waals surface area (Å²) < 4.78 is 12.3. The minimum absolute atomic E-state index is 0.614. The van der Waals surface area contributed by atoms with E-state index in [2.05, 4.69) is 83.8 Å². The highest BCUT2D eigenvalue weighted by molar-refractivity contribution is 7.99. The van der Waals surface area contributed by atoms with Crippen molar-refractivity contribution in [3.63, 3.8) is 0 Å². The number of benzene rings is 6. The molecular weight excluding hydrogens is 538 g/mol. The molecule has 0 saturated carbocycles. The third-order valence-corrected chi connectivity index (χ3v) is 8.79. The fourth-order valence-electron chi connectivity index (χ4n) is 5.66. The molecule has 2 aromatic heterocycles. The van der Waals surface area contributed by atoms with Gasteiger partial charge in [0.05, 0.1) is 11.4 Å². The van der Waals surface area contributed by atoms with Crippen molar-refractivity contribution in [2.75, 3.05) is 4.90 Å². The van der Waals surface area contributed by atoms with Gasteiger partial charge in [0.1, 0.15) is 11.0 Å². The highest BCUT2D eigenvalue weighted by atomic mass is 32.2. The van der Waals surface area contributed by atoms with E-state index in [0.29, 0.717) is 11.8 Å². The van der Waals surface area contributed by atoms with Gasteiger partial charge in [0.2, 0.25) is 11.8 Å². The highest BCUT2D eigenvalue weighted by Gasteiger charge is 2.27. The van der Waals surface area contributed by atoms with Crippen molar-refractivity contribution >= 4 is 61.8 Å². The molecule has 0 N–H and O–H groups in total. The zero-order valence-electron chi connectivity index (χ0n) is 22.2. The van der Waals surface area contributed by atoms with Gasteiger partial charge in [-0.1, -0.05) is 66.4 Å². The molecular formula is C36H21N3O2S. The Hall–Kier alpha value is -5.33. The van der Waals surface area contributed by atoms with Crippen LogP contribution in [-0.4, -0.2) is 9.97 Å². The van der Waals surface area contributed by atoms with Crippen molar-refractivity contribution in [2.24, 2.45) is 0 Å². The molecule has 0 radical (unpaired) electrons. The summed E-state index contributed by atoms with van der Waals surface area (Å²) in [6.45, 7) is 0. The van der Waals surface area contributed by atoms with Crippen LogP contribution in [0.5, 0.6) is 0 Å². The zero-order valence-corrected chi connectivity index (χ0v) is 23.0. The molecule has 198 valence electrons. The first-order chi connectivity index (χ1) is 20.8. The van der Waals surface area contributed by atoms with E-state index in [0.717, 1.165) is 60.2 Å². The number of nitrogens with zero attached hydrogens (tertiary/aromatic N) is 3.